The predicted octanol–water partition coefficient (Wildman–Crippen LogP) is 4.41. The standard InChI is InChI=1S/C26H39O6PSi/c1-21-22(19-31-26(21,27)20-33(28,29-5)30-6)17-18-32-34(25(2,3)4,23-13-9-7-10-14-23)24-15-11-8-12-16-24/h7-16,21-22,27H,17-20H2,1-6H3/t21-,22+,26?/m0/s1. The summed E-state index contributed by atoms with van der Waals surface area (Å²) >= 11 is 0. The lowest BCUT2D eigenvalue weighted by Gasteiger charge is -2.43. The minimum absolute atomic E-state index is 0.0605. The van der Waals surface area contributed by atoms with E-state index in [2.05, 4.69) is 69.3 Å². The van der Waals surface area contributed by atoms with Crippen LogP contribution < -0.4 is 10.4 Å². The van der Waals surface area contributed by atoms with Crippen molar-refractivity contribution in [2.24, 2.45) is 11.8 Å². The second-order valence-electron chi connectivity index (χ2n) is 10.1. The summed E-state index contributed by atoms with van der Waals surface area (Å²) in [6.45, 7) is 9.60. The zero-order chi connectivity index (χ0) is 25.0. The van der Waals surface area contributed by atoms with Crippen molar-refractivity contribution in [2.75, 3.05) is 33.6 Å². The molecule has 1 aliphatic heterocycles. The third-order valence-corrected chi connectivity index (χ3v) is 14.2. The molecule has 0 aliphatic carbocycles. The van der Waals surface area contributed by atoms with Crippen molar-refractivity contribution in [1.29, 1.82) is 0 Å². The fraction of sp³-hybridized carbons (Fsp3) is 0.538. The van der Waals surface area contributed by atoms with Gasteiger partial charge < -0.3 is 23.3 Å². The maximum Gasteiger partial charge on any atom is 0.335 e. The summed E-state index contributed by atoms with van der Waals surface area (Å²) in [5, 5.41) is 13.5. The summed E-state index contributed by atoms with van der Waals surface area (Å²) in [6.07, 6.45) is 0.526. The molecule has 1 fully saturated rings. The van der Waals surface area contributed by atoms with Crippen molar-refractivity contribution >= 4 is 26.3 Å². The molecule has 1 heterocycles. The van der Waals surface area contributed by atoms with E-state index in [1.54, 1.807) is 0 Å². The average molecular weight is 507 g/mol. The fourth-order valence-electron chi connectivity index (χ4n) is 5.02. The normalized spacial score (nSPS) is 23.9. The smallest absolute Gasteiger partial charge is 0.335 e. The minimum Gasteiger partial charge on any atom is -0.407 e. The van der Waals surface area contributed by atoms with Crippen molar-refractivity contribution in [3.8, 4) is 0 Å². The number of hydrogen-bond donors (Lipinski definition) is 1. The third kappa shape index (κ3) is 5.41. The molecule has 2 aromatic carbocycles. The predicted molar refractivity (Wildman–Crippen MR) is 138 cm³/mol. The van der Waals surface area contributed by atoms with Crippen molar-refractivity contribution in [3.63, 3.8) is 0 Å². The van der Waals surface area contributed by atoms with Gasteiger partial charge in [-0.3, -0.25) is 4.57 Å². The molecule has 0 amide bonds. The van der Waals surface area contributed by atoms with E-state index in [1.807, 2.05) is 19.1 Å². The van der Waals surface area contributed by atoms with Crippen molar-refractivity contribution in [2.45, 2.75) is 44.9 Å². The summed E-state index contributed by atoms with van der Waals surface area (Å²) in [5.41, 5.74) is 0. The van der Waals surface area contributed by atoms with Crippen LogP contribution in [0.5, 0.6) is 0 Å². The van der Waals surface area contributed by atoms with Crippen LogP contribution in [0, 0.1) is 11.8 Å². The molecule has 0 aromatic heterocycles. The molecule has 3 rings (SSSR count). The van der Waals surface area contributed by atoms with Gasteiger partial charge in [-0.1, -0.05) is 88.4 Å². The molecule has 0 radical (unpaired) electrons. The highest BCUT2D eigenvalue weighted by Gasteiger charge is 2.52. The molecule has 1 N–H and O–H groups in total. The molecular weight excluding hydrogens is 467 g/mol. The topological polar surface area (TPSA) is 74.2 Å². The minimum atomic E-state index is -3.41. The number of aliphatic hydroxyl groups is 1. The maximum absolute atomic E-state index is 12.6. The Balaban J connectivity index is 1.82. The Hall–Kier alpha value is -1.31. The van der Waals surface area contributed by atoms with Gasteiger partial charge in [0, 0.05) is 26.7 Å². The van der Waals surface area contributed by atoms with Crippen LogP contribution in [0.1, 0.15) is 34.1 Å². The Kier molecular flexibility index (Phi) is 8.62. The Morgan fingerprint density at radius 1 is 1.03 bits per heavy atom. The molecule has 3 atom stereocenters. The highest BCUT2D eigenvalue weighted by Crippen LogP contribution is 2.53. The quantitative estimate of drug-likeness (QED) is 0.380. The largest absolute Gasteiger partial charge is 0.407 e. The molecule has 1 unspecified atom stereocenters. The number of rotatable bonds is 10. The van der Waals surface area contributed by atoms with Crippen LogP contribution in [-0.4, -0.2) is 52.8 Å². The van der Waals surface area contributed by atoms with Gasteiger partial charge in [-0.15, -0.1) is 0 Å². The van der Waals surface area contributed by atoms with Crippen molar-refractivity contribution < 1.29 is 27.9 Å². The van der Waals surface area contributed by atoms with Crippen LogP contribution in [0.4, 0.5) is 0 Å². The first kappa shape index (κ1) is 27.3. The monoisotopic (exact) mass is 506 g/mol. The number of ether oxygens (including phenoxy) is 1. The molecule has 1 saturated heterocycles. The lowest BCUT2D eigenvalue weighted by molar-refractivity contribution is -0.175. The molecule has 1 aliphatic rings. The van der Waals surface area contributed by atoms with Gasteiger partial charge in [0.2, 0.25) is 0 Å². The zero-order valence-corrected chi connectivity index (χ0v) is 23.1. The van der Waals surface area contributed by atoms with Gasteiger partial charge in [-0.2, -0.15) is 0 Å². The van der Waals surface area contributed by atoms with Gasteiger partial charge in [-0.05, 0) is 27.8 Å². The number of benzene rings is 2. The van der Waals surface area contributed by atoms with Crippen LogP contribution in [0.3, 0.4) is 0 Å². The molecule has 0 saturated carbocycles. The van der Waals surface area contributed by atoms with Crippen molar-refractivity contribution in [3.05, 3.63) is 60.7 Å². The van der Waals surface area contributed by atoms with Crippen LogP contribution in [0.2, 0.25) is 5.04 Å². The Bertz CT molecular complexity index is 917. The van der Waals surface area contributed by atoms with E-state index in [0.29, 0.717) is 13.2 Å². The summed E-state index contributed by atoms with van der Waals surface area (Å²) in [4.78, 5) is 0. The van der Waals surface area contributed by atoms with E-state index < -0.39 is 21.7 Å². The van der Waals surface area contributed by atoms with Crippen LogP contribution in [0.25, 0.3) is 0 Å². The van der Waals surface area contributed by atoms with E-state index >= 15 is 0 Å². The van der Waals surface area contributed by atoms with E-state index in [-0.39, 0.29) is 23.0 Å². The fourth-order valence-corrected chi connectivity index (χ4v) is 10.9. The summed E-state index contributed by atoms with van der Waals surface area (Å²) in [6, 6.07) is 21.1. The summed E-state index contributed by atoms with van der Waals surface area (Å²) in [5.74, 6) is -1.73. The molecule has 0 bridgehead atoms. The molecule has 8 heteroatoms. The molecule has 34 heavy (non-hydrogen) atoms. The SMILES string of the molecule is COP(=O)(CC1(O)OC[C@@H](CCO[Si](c2ccccc2)(c2ccccc2)C(C)(C)C)[C@@H]1C)OC. The van der Waals surface area contributed by atoms with Gasteiger partial charge in [0.1, 0.15) is 6.16 Å². The van der Waals surface area contributed by atoms with E-state index in [9.17, 15) is 9.67 Å². The summed E-state index contributed by atoms with van der Waals surface area (Å²) < 4.78 is 35.4. The molecule has 2 aromatic rings. The highest BCUT2D eigenvalue weighted by molar-refractivity contribution is 7.53. The number of hydrogen-bond acceptors (Lipinski definition) is 6. The van der Waals surface area contributed by atoms with Gasteiger partial charge in [0.25, 0.3) is 8.32 Å². The summed E-state index contributed by atoms with van der Waals surface area (Å²) in [7, 11) is -3.39. The average Bonchev–Trinajstić information content (AvgIpc) is 3.10. The van der Waals surface area contributed by atoms with Crippen molar-refractivity contribution in [1.82, 2.24) is 0 Å². The van der Waals surface area contributed by atoms with Gasteiger partial charge in [0.05, 0.1) is 6.61 Å². The lowest BCUT2D eigenvalue weighted by Crippen LogP contribution is -2.66. The molecule has 188 valence electrons. The van der Waals surface area contributed by atoms with E-state index in [1.165, 1.54) is 24.6 Å². The third-order valence-electron chi connectivity index (χ3n) is 7.17. The zero-order valence-electron chi connectivity index (χ0n) is 21.2. The first-order chi connectivity index (χ1) is 16.0. The first-order valence-electron chi connectivity index (χ1n) is 11.8. The first-order valence-corrected chi connectivity index (χ1v) is 15.5. The second-order valence-corrected chi connectivity index (χ2v) is 16.7. The molecule has 0 spiro atoms. The molecule has 6 nitrogen and oxygen atoms in total. The van der Waals surface area contributed by atoms with Gasteiger partial charge >= 0.3 is 7.60 Å². The Morgan fingerprint density at radius 3 is 1.97 bits per heavy atom. The van der Waals surface area contributed by atoms with Crippen LogP contribution >= 0.6 is 7.60 Å². The van der Waals surface area contributed by atoms with Crippen LogP contribution in [0.15, 0.2) is 60.7 Å². The van der Waals surface area contributed by atoms with E-state index in [0.717, 1.165) is 6.42 Å². The highest BCUT2D eigenvalue weighted by atomic mass is 31.2. The Morgan fingerprint density at radius 2 is 1.53 bits per heavy atom. The van der Waals surface area contributed by atoms with Gasteiger partial charge in [-0.25, -0.2) is 0 Å². The Labute approximate surface area is 205 Å². The molecular formula is C26H39O6PSi. The van der Waals surface area contributed by atoms with E-state index in [4.69, 9.17) is 18.2 Å². The second kappa shape index (κ2) is 10.7. The maximum atomic E-state index is 12.6. The van der Waals surface area contributed by atoms with Crippen LogP contribution in [-0.2, 0) is 22.8 Å². The lowest BCUT2D eigenvalue weighted by atomic mass is 9.89. The van der Waals surface area contributed by atoms with Gasteiger partial charge in [0.15, 0.2) is 5.79 Å².